The third kappa shape index (κ3) is 2.60. The van der Waals surface area contributed by atoms with E-state index in [0.717, 1.165) is 0 Å². The van der Waals surface area contributed by atoms with Gasteiger partial charge in [0.05, 0.1) is 22.4 Å². The fourth-order valence-corrected chi connectivity index (χ4v) is 2.83. The van der Waals surface area contributed by atoms with Crippen LogP contribution in [0.3, 0.4) is 0 Å². The number of ether oxygens (including phenoxy) is 1. The van der Waals surface area contributed by atoms with E-state index in [2.05, 4.69) is 20.9 Å². The molecular weight excluding hydrogens is 330 g/mol. The lowest BCUT2D eigenvalue weighted by molar-refractivity contribution is -0.385. The smallest absolute Gasteiger partial charge is 0.310 e. The number of pyridine rings is 1. The van der Waals surface area contributed by atoms with Gasteiger partial charge in [-0.15, -0.1) is 0 Å². The highest BCUT2D eigenvalue weighted by Gasteiger charge is 2.31. The minimum absolute atomic E-state index is 0.0238. The third-order valence-electron chi connectivity index (χ3n) is 3.44. The van der Waals surface area contributed by atoms with Crippen LogP contribution in [-0.2, 0) is 9.53 Å². The lowest BCUT2D eigenvalue weighted by Crippen LogP contribution is -2.24. The number of carbonyl (C=O) groups excluding carboxylic acids is 1. The zero-order valence-electron chi connectivity index (χ0n) is 11.1. The molecule has 0 bridgehead atoms. The fraction of sp³-hybridized carbons (Fsp3) is 0.500. The second kappa shape index (κ2) is 5.74. The molecule has 1 aliphatic rings. The van der Waals surface area contributed by atoms with Crippen LogP contribution in [0, 0.1) is 23.0 Å². The summed E-state index contributed by atoms with van der Waals surface area (Å²) in [5, 5.41) is 10.9. The molecule has 8 heteroatoms. The van der Waals surface area contributed by atoms with Gasteiger partial charge in [-0.25, -0.2) is 4.98 Å². The zero-order chi connectivity index (χ0) is 14.9. The number of nitro groups is 1. The first-order valence-corrected chi connectivity index (χ1v) is 6.87. The van der Waals surface area contributed by atoms with Gasteiger partial charge in [0.2, 0.25) is 0 Å². The van der Waals surface area contributed by atoms with Gasteiger partial charge >= 0.3 is 5.97 Å². The molecule has 0 saturated carbocycles. The molecule has 7 nitrogen and oxygen atoms in total. The van der Waals surface area contributed by atoms with Crippen LogP contribution in [0.1, 0.15) is 12.0 Å². The number of nitrogens with zero attached hydrogens (tertiary/aromatic N) is 3. The molecule has 1 fully saturated rings. The van der Waals surface area contributed by atoms with Crippen LogP contribution in [0.5, 0.6) is 0 Å². The molecule has 20 heavy (non-hydrogen) atoms. The van der Waals surface area contributed by atoms with Crippen LogP contribution in [0.2, 0.25) is 0 Å². The molecular formula is C12H14BrN3O4. The molecule has 0 spiro atoms. The average Bonchev–Trinajstić information content (AvgIpc) is 2.90. The van der Waals surface area contributed by atoms with Gasteiger partial charge in [0.25, 0.3) is 5.69 Å². The Balaban J connectivity index is 2.25. The van der Waals surface area contributed by atoms with E-state index in [9.17, 15) is 14.9 Å². The molecule has 1 unspecified atom stereocenters. The summed E-state index contributed by atoms with van der Waals surface area (Å²) >= 11 is 3.36. The van der Waals surface area contributed by atoms with Gasteiger partial charge in [0.15, 0.2) is 0 Å². The third-order valence-corrected chi connectivity index (χ3v) is 4.39. The second-order valence-electron chi connectivity index (χ2n) is 4.62. The Bertz CT molecular complexity index is 564. The highest BCUT2D eigenvalue weighted by atomic mass is 79.9. The first kappa shape index (κ1) is 14.7. The zero-order valence-corrected chi connectivity index (χ0v) is 12.7. The molecule has 0 aliphatic carbocycles. The Kier molecular flexibility index (Phi) is 4.22. The van der Waals surface area contributed by atoms with Crippen molar-refractivity contribution in [2.45, 2.75) is 13.3 Å². The molecule has 1 aromatic rings. The molecule has 1 aliphatic heterocycles. The van der Waals surface area contributed by atoms with E-state index in [1.54, 1.807) is 6.92 Å². The van der Waals surface area contributed by atoms with E-state index in [1.165, 1.54) is 13.3 Å². The first-order valence-electron chi connectivity index (χ1n) is 6.08. The maximum absolute atomic E-state index is 11.5. The minimum Gasteiger partial charge on any atom is -0.469 e. The Hall–Kier alpha value is -1.70. The van der Waals surface area contributed by atoms with Crippen molar-refractivity contribution < 1.29 is 14.5 Å². The van der Waals surface area contributed by atoms with Gasteiger partial charge in [-0.1, -0.05) is 0 Å². The van der Waals surface area contributed by atoms with E-state index in [-0.39, 0.29) is 17.6 Å². The van der Waals surface area contributed by atoms with Crippen molar-refractivity contribution in [3.8, 4) is 0 Å². The topological polar surface area (TPSA) is 85.6 Å². The summed E-state index contributed by atoms with van der Waals surface area (Å²) in [7, 11) is 1.37. The van der Waals surface area contributed by atoms with Crippen molar-refractivity contribution in [1.82, 2.24) is 4.98 Å². The Morgan fingerprint density at radius 2 is 2.35 bits per heavy atom. The van der Waals surface area contributed by atoms with E-state index >= 15 is 0 Å². The SMILES string of the molecule is COC(=O)C1CCN(c2ncc([N+](=O)[O-])c(C)c2Br)C1. The highest BCUT2D eigenvalue weighted by molar-refractivity contribution is 9.10. The molecule has 0 aromatic carbocycles. The number of halogens is 1. The monoisotopic (exact) mass is 343 g/mol. The second-order valence-corrected chi connectivity index (χ2v) is 5.41. The summed E-state index contributed by atoms with van der Waals surface area (Å²) < 4.78 is 5.33. The summed E-state index contributed by atoms with van der Waals surface area (Å²) in [4.78, 5) is 28.0. The number of hydrogen-bond donors (Lipinski definition) is 0. The summed E-state index contributed by atoms with van der Waals surface area (Å²) in [6.07, 6.45) is 1.94. The van der Waals surface area contributed by atoms with E-state index in [0.29, 0.717) is 35.4 Å². The number of carbonyl (C=O) groups is 1. The van der Waals surface area contributed by atoms with Gasteiger partial charge in [0, 0.05) is 18.7 Å². The quantitative estimate of drug-likeness (QED) is 0.474. The summed E-state index contributed by atoms with van der Waals surface area (Å²) in [6, 6.07) is 0. The van der Waals surface area contributed by atoms with Crippen molar-refractivity contribution in [3.63, 3.8) is 0 Å². The van der Waals surface area contributed by atoms with Gasteiger partial charge in [-0.3, -0.25) is 14.9 Å². The first-order chi connectivity index (χ1) is 9.45. The molecule has 2 heterocycles. The van der Waals surface area contributed by atoms with E-state index in [4.69, 9.17) is 4.74 Å². The minimum atomic E-state index is -0.460. The van der Waals surface area contributed by atoms with Crippen LogP contribution in [0.15, 0.2) is 10.7 Å². The Morgan fingerprint density at radius 1 is 1.65 bits per heavy atom. The number of methoxy groups -OCH3 is 1. The van der Waals surface area contributed by atoms with Gasteiger partial charge < -0.3 is 9.64 Å². The number of hydrogen-bond acceptors (Lipinski definition) is 6. The number of rotatable bonds is 3. The predicted octanol–water partition coefficient (Wildman–Crippen LogP) is 2.06. The number of esters is 1. The van der Waals surface area contributed by atoms with E-state index in [1.807, 2.05) is 4.90 Å². The van der Waals surface area contributed by atoms with Crippen molar-refractivity contribution in [3.05, 3.63) is 26.3 Å². The molecule has 1 atom stereocenters. The van der Waals surface area contributed by atoms with Crippen molar-refractivity contribution in [2.24, 2.45) is 5.92 Å². The summed E-state index contributed by atoms with van der Waals surface area (Å²) in [6.45, 7) is 2.85. The highest BCUT2D eigenvalue weighted by Crippen LogP contribution is 2.35. The Labute approximate surface area is 124 Å². The lowest BCUT2D eigenvalue weighted by Gasteiger charge is -2.19. The maximum atomic E-state index is 11.5. The fourth-order valence-electron chi connectivity index (χ4n) is 2.27. The van der Waals surface area contributed by atoms with Crippen LogP contribution < -0.4 is 4.90 Å². The number of aromatic nitrogens is 1. The maximum Gasteiger partial charge on any atom is 0.310 e. The van der Waals surface area contributed by atoms with Crippen molar-refractivity contribution in [1.29, 1.82) is 0 Å². The summed E-state index contributed by atoms with van der Waals surface area (Å²) in [5.41, 5.74) is 0.505. The van der Waals surface area contributed by atoms with Crippen molar-refractivity contribution >= 4 is 33.4 Å². The Morgan fingerprint density at radius 3 is 2.95 bits per heavy atom. The van der Waals surface area contributed by atoms with E-state index < -0.39 is 4.92 Å². The average molecular weight is 344 g/mol. The van der Waals surface area contributed by atoms with Crippen LogP contribution in [0.25, 0.3) is 0 Å². The molecule has 0 radical (unpaired) electrons. The van der Waals surface area contributed by atoms with Crippen molar-refractivity contribution in [2.75, 3.05) is 25.1 Å². The normalized spacial score (nSPS) is 18.1. The molecule has 108 valence electrons. The largest absolute Gasteiger partial charge is 0.469 e. The molecule has 1 aromatic heterocycles. The molecule has 0 N–H and O–H groups in total. The number of anilines is 1. The van der Waals surface area contributed by atoms with Gasteiger partial charge in [-0.2, -0.15) is 0 Å². The van der Waals surface area contributed by atoms with Gasteiger partial charge in [0.1, 0.15) is 12.0 Å². The molecule has 1 saturated heterocycles. The summed E-state index contributed by atoms with van der Waals surface area (Å²) in [5.74, 6) is 0.214. The predicted molar refractivity (Wildman–Crippen MR) is 75.7 cm³/mol. The lowest BCUT2D eigenvalue weighted by atomic mass is 10.1. The van der Waals surface area contributed by atoms with Crippen LogP contribution in [0.4, 0.5) is 11.5 Å². The van der Waals surface area contributed by atoms with Crippen LogP contribution >= 0.6 is 15.9 Å². The van der Waals surface area contributed by atoms with Crippen LogP contribution in [-0.4, -0.2) is 36.1 Å². The van der Waals surface area contributed by atoms with Gasteiger partial charge in [-0.05, 0) is 29.3 Å². The molecule has 0 amide bonds. The molecule has 2 rings (SSSR count). The standard InChI is InChI=1S/C12H14BrN3O4/c1-7-9(16(18)19)5-14-11(10(7)13)15-4-3-8(6-15)12(17)20-2/h5,8H,3-4,6H2,1-2H3.